The number of aryl methyl sites for hydroxylation is 2. The van der Waals surface area contributed by atoms with Crippen molar-refractivity contribution in [2.45, 2.75) is 37.6 Å². The average molecular weight is 373 g/mol. The number of hydrogen-bond acceptors (Lipinski definition) is 4. The van der Waals surface area contributed by atoms with Crippen LogP contribution in [0.15, 0.2) is 47.4 Å². The van der Waals surface area contributed by atoms with Gasteiger partial charge in [0.2, 0.25) is 10.0 Å². The van der Waals surface area contributed by atoms with Crippen molar-refractivity contribution in [2.24, 2.45) is 0 Å². The van der Waals surface area contributed by atoms with E-state index in [1.807, 2.05) is 44.2 Å². The number of thiazole rings is 1. The van der Waals surface area contributed by atoms with Crippen molar-refractivity contribution in [1.29, 1.82) is 0 Å². The van der Waals surface area contributed by atoms with Gasteiger partial charge in [0.05, 0.1) is 21.2 Å². The fourth-order valence-corrected chi connectivity index (χ4v) is 6.25. The zero-order valence-corrected chi connectivity index (χ0v) is 15.9. The van der Waals surface area contributed by atoms with Crippen LogP contribution in [0.25, 0.3) is 10.2 Å². The van der Waals surface area contributed by atoms with Crippen molar-refractivity contribution in [3.05, 3.63) is 58.6 Å². The fourth-order valence-electron chi connectivity index (χ4n) is 3.32. The topological polar surface area (TPSA) is 50.3 Å². The van der Waals surface area contributed by atoms with Crippen LogP contribution in [0.1, 0.15) is 35.0 Å². The Kier molecular flexibility index (Phi) is 4.14. The summed E-state index contributed by atoms with van der Waals surface area (Å²) in [6, 6.07) is 13.2. The van der Waals surface area contributed by atoms with E-state index in [1.54, 1.807) is 27.8 Å². The minimum absolute atomic E-state index is 0.163. The van der Waals surface area contributed by atoms with Crippen LogP contribution in [-0.2, 0) is 10.0 Å². The lowest BCUT2D eigenvalue weighted by atomic mass is 10.1. The summed E-state index contributed by atoms with van der Waals surface area (Å²) < 4.78 is 29.1. The number of nitrogens with zero attached hydrogens (tertiary/aromatic N) is 2. The SMILES string of the molecule is Cc1ccc(S(=O)(=O)N2CCCC2c2nc3ccccc3s2)cc1C. The monoisotopic (exact) mass is 372 g/mol. The number of rotatable bonds is 3. The second-order valence-corrected chi connectivity index (χ2v) is 9.49. The number of fused-ring (bicyclic) bond motifs is 1. The molecule has 4 rings (SSSR count). The Morgan fingerprint density at radius 2 is 1.92 bits per heavy atom. The van der Waals surface area contributed by atoms with E-state index in [-0.39, 0.29) is 6.04 Å². The molecule has 1 aliphatic rings. The van der Waals surface area contributed by atoms with Gasteiger partial charge in [-0.25, -0.2) is 13.4 Å². The molecule has 2 heterocycles. The normalized spacial score (nSPS) is 18.9. The molecule has 6 heteroatoms. The Hall–Kier alpha value is -1.76. The third-order valence-corrected chi connectivity index (χ3v) is 7.93. The molecular weight excluding hydrogens is 352 g/mol. The number of sulfonamides is 1. The number of benzene rings is 2. The largest absolute Gasteiger partial charge is 0.243 e. The highest BCUT2D eigenvalue weighted by Crippen LogP contribution is 2.39. The maximum atomic E-state index is 13.2. The zero-order chi connectivity index (χ0) is 17.6. The first-order chi connectivity index (χ1) is 12.0. The zero-order valence-electron chi connectivity index (χ0n) is 14.3. The van der Waals surface area contributed by atoms with Crippen LogP contribution in [0, 0.1) is 13.8 Å². The lowest BCUT2D eigenvalue weighted by Crippen LogP contribution is -2.30. The summed E-state index contributed by atoms with van der Waals surface area (Å²) in [5.41, 5.74) is 3.04. The molecule has 0 bridgehead atoms. The van der Waals surface area contributed by atoms with Gasteiger partial charge in [-0.3, -0.25) is 0 Å². The standard InChI is InChI=1S/C19H20N2O2S2/c1-13-9-10-15(12-14(13)2)25(22,23)21-11-5-7-17(21)19-20-16-6-3-4-8-18(16)24-19/h3-4,6,8-10,12,17H,5,7,11H2,1-2H3. The Morgan fingerprint density at radius 3 is 2.68 bits per heavy atom. The summed E-state index contributed by atoms with van der Waals surface area (Å²) in [7, 11) is -3.51. The summed E-state index contributed by atoms with van der Waals surface area (Å²) in [5.74, 6) is 0. The predicted molar refractivity (Wildman–Crippen MR) is 101 cm³/mol. The van der Waals surface area contributed by atoms with E-state index in [0.29, 0.717) is 11.4 Å². The lowest BCUT2D eigenvalue weighted by Gasteiger charge is -2.23. The molecule has 1 unspecified atom stereocenters. The number of para-hydroxylation sites is 1. The van der Waals surface area contributed by atoms with E-state index >= 15 is 0 Å². The first-order valence-corrected chi connectivity index (χ1v) is 10.7. The summed E-state index contributed by atoms with van der Waals surface area (Å²) >= 11 is 1.60. The molecule has 3 aromatic rings. The molecule has 25 heavy (non-hydrogen) atoms. The van der Waals surface area contributed by atoms with Crippen molar-refractivity contribution >= 4 is 31.6 Å². The van der Waals surface area contributed by atoms with Crippen LogP contribution in [0.3, 0.4) is 0 Å². The predicted octanol–water partition coefficient (Wildman–Crippen LogP) is 4.44. The Labute approximate surface area is 152 Å². The second kappa shape index (κ2) is 6.20. The summed E-state index contributed by atoms with van der Waals surface area (Å²) in [6.45, 7) is 4.49. The summed E-state index contributed by atoms with van der Waals surface area (Å²) in [5, 5.41) is 0.895. The summed E-state index contributed by atoms with van der Waals surface area (Å²) in [4.78, 5) is 5.07. The molecule has 1 saturated heterocycles. The quantitative estimate of drug-likeness (QED) is 0.683. The van der Waals surface area contributed by atoms with E-state index in [1.165, 1.54) is 0 Å². The molecule has 1 fully saturated rings. The van der Waals surface area contributed by atoms with Crippen LogP contribution >= 0.6 is 11.3 Å². The maximum Gasteiger partial charge on any atom is 0.243 e. The lowest BCUT2D eigenvalue weighted by molar-refractivity contribution is 0.396. The molecule has 1 aromatic heterocycles. The molecule has 0 radical (unpaired) electrons. The van der Waals surface area contributed by atoms with Crippen LogP contribution < -0.4 is 0 Å². The Balaban J connectivity index is 1.74. The van der Waals surface area contributed by atoms with Gasteiger partial charge in [-0.15, -0.1) is 11.3 Å². The van der Waals surface area contributed by atoms with Crippen molar-refractivity contribution in [3.8, 4) is 0 Å². The molecule has 0 aliphatic carbocycles. The minimum atomic E-state index is -3.51. The highest BCUT2D eigenvalue weighted by Gasteiger charge is 2.37. The van der Waals surface area contributed by atoms with Crippen molar-refractivity contribution < 1.29 is 8.42 Å². The number of aromatic nitrogens is 1. The average Bonchev–Trinajstić information content (AvgIpc) is 3.23. The number of hydrogen-bond donors (Lipinski definition) is 0. The Bertz CT molecular complexity index is 1010. The third-order valence-electron chi connectivity index (χ3n) is 4.88. The smallest absolute Gasteiger partial charge is 0.239 e. The molecular formula is C19H20N2O2S2. The van der Waals surface area contributed by atoms with Crippen molar-refractivity contribution in [3.63, 3.8) is 0 Å². The molecule has 1 atom stereocenters. The van der Waals surface area contributed by atoms with Crippen molar-refractivity contribution in [1.82, 2.24) is 9.29 Å². The van der Waals surface area contributed by atoms with Crippen LogP contribution in [-0.4, -0.2) is 24.3 Å². The highest BCUT2D eigenvalue weighted by atomic mass is 32.2. The first-order valence-electron chi connectivity index (χ1n) is 8.41. The molecule has 1 aliphatic heterocycles. The molecule has 2 aromatic carbocycles. The van der Waals surface area contributed by atoms with Gasteiger partial charge < -0.3 is 0 Å². The molecule has 0 N–H and O–H groups in total. The molecule has 130 valence electrons. The van der Waals surface area contributed by atoms with Gasteiger partial charge in [-0.1, -0.05) is 18.2 Å². The highest BCUT2D eigenvalue weighted by molar-refractivity contribution is 7.89. The van der Waals surface area contributed by atoms with Crippen molar-refractivity contribution in [2.75, 3.05) is 6.54 Å². The van der Waals surface area contributed by atoms with Crippen LogP contribution in [0.2, 0.25) is 0 Å². The van der Waals surface area contributed by atoms with Gasteiger partial charge in [0.25, 0.3) is 0 Å². The van der Waals surface area contributed by atoms with E-state index in [0.717, 1.165) is 39.2 Å². The molecule has 0 amide bonds. The van der Waals surface area contributed by atoms with Gasteiger partial charge in [0, 0.05) is 6.54 Å². The maximum absolute atomic E-state index is 13.2. The molecule has 0 spiro atoms. The fraction of sp³-hybridized carbons (Fsp3) is 0.316. The van der Waals surface area contributed by atoms with E-state index in [2.05, 4.69) is 0 Å². The molecule has 4 nitrogen and oxygen atoms in total. The Morgan fingerprint density at radius 1 is 1.12 bits per heavy atom. The van der Waals surface area contributed by atoms with Crippen LogP contribution in [0.4, 0.5) is 0 Å². The second-order valence-electron chi connectivity index (χ2n) is 6.54. The minimum Gasteiger partial charge on any atom is -0.239 e. The van der Waals surface area contributed by atoms with Gasteiger partial charge in [0.1, 0.15) is 5.01 Å². The van der Waals surface area contributed by atoms with E-state index < -0.39 is 10.0 Å². The van der Waals surface area contributed by atoms with Gasteiger partial charge in [-0.2, -0.15) is 4.31 Å². The van der Waals surface area contributed by atoms with Gasteiger partial charge in [0.15, 0.2) is 0 Å². The van der Waals surface area contributed by atoms with Gasteiger partial charge >= 0.3 is 0 Å². The van der Waals surface area contributed by atoms with Crippen LogP contribution in [0.5, 0.6) is 0 Å². The van der Waals surface area contributed by atoms with Gasteiger partial charge in [-0.05, 0) is 62.1 Å². The van der Waals surface area contributed by atoms with E-state index in [4.69, 9.17) is 4.98 Å². The molecule has 0 saturated carbocycles. The first kappa shape index (κ1) is 16.7. The van der Waals surface area contributed by atoms with E-state index in [9.17, 15) is 8.42 Å². The third kappa shape index (κ3) is 2.88. The summed E-state index contributed by atoms with van der Waals surface area (Å²) in [6.07, 6.45) is 1.69.